The highest BCUT2D eigenvalue weighted by Gasteiger charge is 2.30. The molecule has 3 aromatic rings. The number of halogens is 3. The first kappa shape index (κ1) is 18.5. The molecule has 8 heteroatoms. The molecular weight excluding hydrogens is 359 g/mol. The van der Waals surface area contributed by atoms with Crippen molar-refractivity contribution in [2.75, 3.05) is 10.6 Å². The lowest BCUT2D eigenvalue weighted by atomic mass is 10.2. The fourth-order valence-electron chi connectivity index (χ4n) is 2.79. The predicted octanol–water partition coefficient (Wildman–Crippen LogP) is 4.26. The first-order valence-electron chi connectivity index (χ1n) is 8.06. The number of rotatable bonds is 4. The van der Waals surface area contributed by atoms with Gasteiger partial charge in [0, 0.05) is 24.2 Å². The van der Waals surface area contributed by atoms with Crippen LogP contribution in [0, 0.1) is 0 Å². The average molecular weight is 375 g/mol. The van der Waals surface area contributed by atoms with Gasteiger partial charge in [-0.05, 0) is 36.4 Å². The molecule has 0 aliphatic carbocycles. The van der Waals surface area contributed by atoms with Crippen LogP contribution < -0.4 is 10.6 Å². The fourth-order valence-corrected chi connectivity index (χ4v) is 2.79. The molecule has 0 fully saturated rings. The van der Waals surface area contributed by atoms with Crippen LogP contribution in [0.5, 0.6) is 0 Å². The molecule has 5 nitrogen and oxygen atoms in total. The van der Waals surface area contributed by atoms with Crippen LogP contribution in [-0.4, -0.2) is 16.4 Å². The molecule has 0 bridgehead atoms. The Kier molecular flexibility index (Phi) is 4.89. The summed E-state index contributed by atoms with van der Waals surface area (Å²) in [5.41, 5.74) is 0.592. The Hall–Kier alpha value is -3.29. The van der Waals surface area contributed by atoms with Crippen LogP contribution in [0.1, 0.15) is 12.5 Å². The van der Waals surface area contributed by atoms with E-state index < -0.39 is 17.6 Å². The van der Waals surface area contributed by atoms with Gasteiger partial charge in [0.15, 0.2) is 0 Å². The maximum Gasteiger partial charge on any atom is 0.416 e. The van der Waals surface area contributed by atoms with Crippen molar-refractivity contribution in [3.8, 4) is 0 Å². The first-order chi connectivity index (χ1) is 12.7. The molecular formula is C19H16F3N3O2. The highest BCUT2D eigenvalue weighted by atomic mass is 19.4. The van der Waals surface area contributed by atoms with Gasteiger partial charge < -0.3 is 15.2 Å². The van der Waals surface area contributed by atoms with Crippen LogP contribution in [0.2, 0.25) is 0 Å². The summed E-state index contributed by atoms with van der Waals surface area (Å²) < 4.78 is 40.0. The molecule has 0 radical (unpaired) electrons. The highest BCUT2D eigenvalue weighted by Crippen LogP contribution is 2.30. The average Bonchev–Trinajstić information content (AvgIpc) is 2.98. The van der Waals surface area contributed by atoms with Gasteiger partial charge in [-0.1, -0.05) is 12.1 Å². The minimum absolute atomic E-state index is 0.0743. The van der Waals surface area contributed by atoms with Crippen LogP contribution >= 0.6 is 0 Å². The lowest BCUT2D eigenvalue weighted by molar-refractivity contribution is -0.137. The third-order valence-corrected chi connectivity index (χ3v) is 3.91. The van der Waals surface area contributed by atoms with E-state index in [9.17, 15) is 22.8 Å². The van der Waals surface area contributed by atoms with Crippen molar-refractivity contribution in [3.05, 3.63) is 60.3 Å². The molecule has 2 aromatic carbocycles. The van der Waals surface area contributed by atoms with Gasteiger partial charge in [0.1, 0.15) is 6.54 Å². The van der Waals surface area contributed by atoms with Crippen LogP contribution in [0.15, 0.2) is 54.7 Å². The second-order valence-corrected chi connectivity index (χ2v) is 5.99. The quantitative estimate of drug-likeness (QED) is 0.716. The summed E-state index contributed by atoms with van der Waals surface area (Å²) in [5, 5.41) is 5.95. The van der Waals surface area contributed by atoms with E-state index in [1.807, 2.05) is 0 Å². The summed E-state index contributed by atoms with van der Waals surface area (Å²) >= 11 is 0. The van der Waals surface area contributed by atoms with Crippen molar-refractivity contribution in [1.29, 1.82) is 0 Å². The molecule has 1 heterocycles. The minimum atomic E-state index is -4.47. The summed E-state index contributed by atoms with van der Waals surface area (Å²) in [6.45, 7) is 1.32. The SMILES string of the molecule is CC(=O)Nc1cccc2c1ccn2CC(=O)Nc1cccc(C(F)(F)F)c1. The van der Waals surface area contributed by atoms with Crippen LogP contribution in [0.3, 0.4) is 0 Å². The number of nitrogens with zero attached hydrogens (tertiary/aromatic N) is 1. The number of carbonyl (C=O) groups is 2. The van der Waals surface area contributed by atoms with E-state index in [-0.39, 0.29) is 18.1 Å². The van der Waals surface area contributed by atoms with E-state index in [2.05, 4.69) is 10.6 Å². The molecule has 140 valence electrons. The van der Waals surface area contributed by atoms with Crippen LogP contribution in [-0.2, 0) is 22.3 Å². The molecule has 0 aliphatic heterocycles. The third-order valence-electron chi connectivity index (χ3n) is 3.91. The number of amides is 2. The van der Waals surface area contributed by atoms with Crippen molar-refractivity contribution < 1.29 is 22.8 Å². The Labute approximate surface area is 152 Å². The van der Waals surface area contributed by atoms with Gasteiger partial charge in [0.2, 0.25) is 11.8 Å². The number of fused-ring (bicyclic) bond motifs is 1. The van der Waals surface area contributed by atoms with Gasteiger partial charge in [-0.3, -0.25) is 9.59 Å². The van der Waals surface area contributed by atoms with E-state index in [1.54, 1.807) is 35.0 Å². The number of carbonyl (C=O) groups excluding carboxylic acids is 2. The molecule has 2 N–H and O–H groups in total. The summed E-state index contributed by atoms with van der Waals surface area (Å²) in [4.78, 5) is 23.5. The highest BCUT2D eigenvalue weighted by molar-refractivity contribution is 6.01. The summed E-state index contributed by atoms with van der Waals surface area (Å²) in [6.07, 6.45) is -2.79. The third kappa shape index (κ3) is 4.28. The van der Waals surface area contributed by atoms with E-state index in [4.69, 9.17) is 0 Å². The number of benzene rings is 2. The first-order valence-corrected chi connectivity index (χ1v) is 8.06. The summed E-state index contributed by atoms with van der Waals surface area (Å²) in [7, 11) is 0. The van der Waals surface area contributed by atoms with Crippen molar-refractivity contribution in [2.24, 2.45) is 0 Å². The maximum atomic E-state index is 12.8. The second-order valence-electron chi connectivity index (χ2n) is 5.99. The lowest BCUT2D eigenvalue weighted by Crippen LogP contribution is -2.18. The molecule has 1 aromatic heterocycles. The topological polar surface area (TPSA) is 63.1 Å². The Morgan fingerprint density at radius 2 is 1.78 bits per heavy atom. The van der Waals surface area contributed by atoms with Gasteiger partial charge in [-0.25, -0.2) is 0 Å². The zero-order valence-electron chi connectivity index (χ0n) is 14.3. The Balaban J connectivity index is 1.78. The number of anilines is 2. The van der Waals surface area contributed by atoms with Gasteiger partial charge in [-0.2, -0.15) is 13.2 Å². The lowest BCUT2D eigenvalue weighted by Gasteiger charge is -2.11. The van der Waals surface area contributed by atoms with Crippen molar-refractivity contribution in [3.63, 3.8) is 0 Å². The smallest absolute Gasteiger partial charge is 0.338 e. The molecule has 0 unspecified atom stereocenters. The number of hydrogen-bond donors (Lipinski definition) is 2. The Bertz CT molecular complexity index is 1010. The standard InChI is InChI=1S/C19H16F3N3O2/c1-12(26)23-16-6-3-7-17-15(16)8-9-25(17)11-18(27)24-14-5-2-4-13(10-14)19(20,21)22/h2-10H,11H2,1H3,(H,23,26)(H,24,27). The van der Waals surface area contributed by atoms with E-state index in [1.165, 1.54) is 19.1 Å². The van der Waals surface area contributed by atoms with Gasteiger partial charge in [0.05, 0.1) is 16.8 Å². The molecule has 0 saturated heterocycles. The van der Waals surface area contributed by atoms with E-state index in [0.717, 1.165) is 23.0 Å². The second kappa shape index (κ2) is 7.14. The molecule has 0 aliphatic rings. The van der Waals surface area contributed by atoms with E-state index in [0.29, 0.717) is 5.69 Å². The van der Waals surface area contributed by atoms with Crippen LogP contribution in [0.25, 0.3) is 10.9 Å². The number of nitrogens with one attached hydrogen (secondary N) is 2. The van der Waals surface area contributed by atoms with Crippen molar-refractivity contribution in [1.82, 2.24) is 4.57 Å². The molecule has 0 spiro atoms. The molecule has 3 rings (SSSR count). The molecule has 27 heavy (non-hydrogen) atoms. The van der Waals surface area contributed by atoms with Crippen molar-refractivity contribution in [2.45, 2.75) is 19.6 Å². The zero-order valence-corrected chi connectivity index (χ0v) is 14.3. The van der Waals surface area contributed by atoms with Crippen molar-refractivity contribution >= 4 is 34.1 Å². The monoisotopic (exact) mass is 375 g/mol. The van der Waals surface area contributed by atoms with Gasteiger partial charge in [-0.15, -0.1) is 0 Å². The zero-order chi connectivity index (χ0) is 19.6. The van der Waals surface area contributed by atoms with E-state index >= 15 is 0 Å². The largest absolute Gasteiger partial charge is 0.416 e. The maximum absolute atomic E-state index is 12.8. The molecule has 0 saturated carbocycles. The Morgan fingerprint density at radius 3 is 2.48 bits per heavy atom. The summed E-state index contributed by atoms with van der Waals surface area (Å²) in [5.74, 6) is -0.672. The van der Waals surface area contributed by atoms with Gasteiger partial charge in [0.25, 0.3) is 0 Å². The summed E-state index contributed by atoms with van der Waals surface area (Å²) in [6, 6.07) is 11.5. The molecule has 2 amide bonds. The number of alkyl halides is 3. The van der Waals surface area contributed by atoms with Gasteiger partial charge >= 0.3 is 6.18 Å². The fraction of sp³-hybridized carbons (Fsp3) is 0.158. The number of hydrogen-bond acceptors (Lipinski definition) is 2. The normalized spacial score (nSPS) is 11.4. The minimum Gasteiger partial charge on any atom is -0.338 e. The van der Waals surface area contributed by atoms with Crippen LogP contribution in [0.4, 0.5) is 24.5 Å². The molecule has 0 atom stereocenters. The number of aromatic nitrogens is 1. The Morgan fingerprint density at radius 1 is 1.04 bits per heavy atom. The predicted molar refractivity (Wildman–Crippen MR) is 96.3 cm³/mol.